The Morgan fingerprint density at radius 1 is 1.24 bits per heavy atom. The van der Waals surface area contributed by atoms with Gasteiger partial charge in [0.1, 0.15) is 5.60 Å². The molecule has 0 unspecified atom stereocenters. The highest BCUT2D eigenvalue weighted by Gasteiger charge is 2.62. The molecule has 0 spiro atoms. The Labute approximate surface area is 173 Å². The van der Waals surface area contributed by atoms with Gasteiger partial charge < -0.3 is 5.11 Å². The van der Waals surface area contributed by atoms with Gasteiger partial charge in [0.25, 0.3) is 0 Å². The smallest absolute Gasteiger partial charge is 0.156 e. The fraction of sp³-hybridized carbons (Fsp3) is 0.538. The van der Waals surface area contributed by atoms with Crippen LogP contribution in [0.2, 0.25) is 0 Å². The zero-order valence-electron chi connectivity index (χ0n) is 17.4. The van der Waals surface area contributed by atoms with Crippen LogP contribution in [0.4, 0.5) is 0 Å². The van der Waals surface area contributed by atoms with Crippen molar-refractivity contribution in [2.75, 3.05) is 0 Å². The van der Waals surface area contributed by atoms with Gasteiger partial charge >= 0.3 is 0 Å². The standard InChI is InChI=1S/C26H29NO2/c1-3-11-26(29)12-10-23-21-8-6-17-14-19(28)7-9-20(17)24(21)22(15-25(23,26)2)18-5-4-13-27-16-18/h4-5,13-14,16,21-23,29H,6-10,12,15H2,1-2H3/t21-,22+,23-,25-,26-/m0/s1. The number of aromatic nitrogens is 1. The molecule has 150 valence electrons. The summed E-state index contributed by atoms with van der Waals surface area (Å²) in [5.41, 5.74) is 4.34. The lowest BCUT2D eigenvalue weighted by atomic mass is 9.51. The van der Waals surface area contributed by atoms with Crippen LogP contribution in [0.1, 0.15) is 70.3 Å². The molecule has 2 fully saturated rings. The van der Waals surface area contributed by atoms with Crippen molar-refractivity contribution in [2.45, 2.75) is 70.3 Å². The Morgan fingerprint density at radius 3 is 2.86 bits per heavy atom. The molecular formula is C26H29NO2. The van der Waals surface area contributed by atoms with Crippen molar-refractivity contribution in [3.63, 3.8) is 0 Å². The molecule has 0 radical (unpaired) electrons. The zero-order valence-corrected chi connectivity index (χ0v) is 17.4. The van der Waals surface area contributed by atoms with Crippen LogP contribution in [-0.4, -0.2) is 21.5 Å². The first kappa shape index (κ1) is 18.8. The van der Waals surface area contributed by atoms with E-state index in [9.17, 15) is 9.90 Å². The third kappa shape index (κ3) is 2.69. The monoisotopic (exact) mass is 387 g/mol. The van der Waals surface area contributed by atoms with Crippen molar-refractivity contribution in [1.29, 1.82) is 0 Å². The molecule has 0 aromatic carbocycles. The predicted molar refractivity (Wildman–Crippen MR) is 113 cm³/mol. The number of pyridine rings is 1. The van der Waals surface area contributed by atoms with Gasteiger partial charge in [0.05, 0.1) is 0 Å². The van der Waals surface area contributed by atoms with Crippen LogP contribution >= 0.6 is 0 Å². The first-order valence-corrected chi connectivity index (χ1v) is 11.0. The lowest BCUT2D eigenvalue weighted by Gasteiger charge is -2.53. The molecule has 2 saturated carbocycles. The third-order valence-corrected chi connectivity index (χ3v) is 8.31. The van der Waals surface area contributed by atoms with E-state index in [4.69, 9.17) is 0 Å². The highest BCUT2D eigenvalue weighted by atomic mass is 16.3. The van der Waals surface area contributed by atoms with Crippen LogP contribution in [0.25, 0.3) is 0 Å². The van der Waals surface area contributed by atoms with Crippen molar-refractivity contribution < 1.29 is 9.90 Å². The fourth-order valence-electron chi connectivity index (χ4n) is 6.96. The van der Waals surface area contributed by atoms with Gasteiger partial charge in [-0.15, -0.1) is 5.92 Å². The predicted octanol–water partition coefficient (Wildman–Crippen LogP) is 4.74. The average molecular weight is 388 g/mol. The highest BCUT2D eigenvalue weighted by Crippen LogP contribution is 2.66. The van der Waals surface area contributed by atoms with Crippen LogP contribution in [0.15, 0.2) is 47.3 Å². The van der Waals surface area contributed by atoms with Crippen LogP contribution in [0, 0.1) is 29.1 Å². The number of allylic oxidation sites excluding steroid dienone is 4. The van der Waals surface area contributed by atoms with Crippen LogP contribution < -0.4 is 0 Å². The van der Waals surface area contributed by atoms with E-state index < -0.39 is 5.60 Å². The number of carbonyl (C=O) groups excluding carboxylic acids is 1. The van der Waals surface area contributed by atoms with Crippen LogP contribution in [0.5, 0.6) is 0 Å². The largest absolute Gasteiger partial charge is 0.377 e. The van der Waals surface area contributed by atoms with Gasteiger partial charge in [-0.3, -0.25) is 9.78 Å². The molecule has 0 amide bonds. The molecule has 4 aliphatic rings. The van der Waals surface area contributed by atoms with E-state index in [1.54, 1.807) is 5.57 Å². The molecule has 5 atom stereocenters. The molecule has 5 rings (SSSR count). The maximum absolute atomic E-state index is 12.1. The Bertz CT molecular complexity index is 979. The van der Waals surface area contributed by atoms with Crippen molar-refractivity contribution >= 4 is 5.78 Å². The van der Waals surface area contributed by atoms with Gasteiger partial charge in [0.15, 0.2) is 5.78 Å². The second-order valence-electron chi connectivity index (χ2n) is 9.56. The summed E-state index contributed by atoms with van der Waals surface area (Å²) < 4.78 is 0. The van der Waals surface area contributed by atoms with Crippen molar-refractivity contribution in [1.82, 2.24) is 4.98 Å². The molecular weight excluding hydrogens is 358 g/mol. The molecule has 1 heterocycles. The number of fused-ring (bicyclic) bond motifs is 4. The lowest BCUT2D eigenvalue weighted by molar-refractivity contribution is -0.114. The third-order valence-electron chi connectivity index (χ3n) is 8.31. The highest BCUT2D eigenvalue weighted by molar-refractivity contribution is 5.93. The summed E-state index contributed by atoms with van der Waals surface area (Å²) in [7, 11) is 0. The van der Waals surface area contributed by atoms with Gasteiger partial charge in [-0.1, -0.05) is 24.5 Å². The SMILES string of the molecule is CC#C[C@]1(O)CC[C@H]2[C@@H]3CCC4=CC(=O)CCC4=C3[C@@H](c3cccnc3)C[C@@]21C. The first-order chi connectivity index (χ1) is 14.0. The summed E-state index contributed by atoms with van der Waals surface area (Å²) in [4.78, 5) is 16.5. The van der Waals surface area contributed by atoms with Gasteiger partial charge in [0, 0.05) is 30.1 Å². The van der Waals surface area contributed by atoms with Gasteiger partial charge in [-0.05, 0) is 86.1 Å². The topological polar surface area (TPSA) is 50.2 Å². The summed E-state index contributed by atoms with van der Waals surface area (Å²) in [6, 6.07) is 4.19. The number of hydrogen-bond donors (Lipinski definition) is 1. The second-order valence-corrected chi connectivity index (χ2v) is 9.56. The number of ketones is 1. The molecule has 1 aromatic heterocycles. The van der Waals surface area contributed by atoms with E-state index in [2.05, 4.69) is 29.8 Å². The number of nitrogens with zero attached hydrogens (tertiary/aromatic N) is 1. The molecule has 0 saturated heterocycles. The second kappa shape index (κ2) is 6.67. The van der Waals surface area contributed by atoms with Gasteiger partial charge in [0.2, 0.25) is 0 Å². The normalized spacial score (nSPS) is 38.4. The zero-order chi connectivity index (χ0) is 20.2. The van der Waals surface area contributed by atoms with Crippen molar-refractivity contribution in [3.05, 3.63) is 52.9 Å². The van der Waals surface area contributed by atoms with E-state index >= 15 is 0 Å². The minimum absolute atomic E-state index is 0.225. The van der Waals surface area contributed by atoms with Gasteiger partial charge in [-0.2, -0.15) is 0 Å². The molecule has 3 nitrogen and oxygen atoms in total. The van der Waals surface area contributed by atoms with E-state index in [1.807, 2.05) is 31.5 Å². The van der Waals surface area contributed by atoms with Gasteiger partial charge in [-0.25, -0.2) is 0 Å². The maximum atomic E-state index is 12.1. The Kier molecular flexibility index (Phi) is 4.33. The molecule has 0 bridgehead atoms. The Hall–Kier alpha value is -2.18. The average Bonchev–Trinajstić information content (AvgIpc) is 2.98. The number of aliphatic hydroxyl groups is 1. The lowest BCUT2D eigenvalue weighted by Crippen LogP contribution is -2.51. The van der Waals surface area contributed by atoms with E-state index in [0.29, 0.717) is 18.3 Å². The van der Waals surface area contributed by atoms with Crippen molar-refractivity contribution in [2.24, 2.45) is 17.3 Å². The molecule has 3 heteroatoms. The fourth-order valence-corrected chi connectivity index (χ4v) is 6.96. The van der Waals surface area contributed by atoms with E-state index in [1.165, 1.54) is 16.7 Å². The molecule has 4 aliphatic carbocycles. The van der Waals surface area contributed by atoms with Crippen LogP contribution in [-0.2, 0) is 4.79 Å². The summed E-state index contributed by atoms with van der Waals surface area (Å²) in [6.45, 7) is 4.11. The van der Waals surface area contributed by atoms with E-state index in [-0.39, 0.29) is 17.1 Å². The summed E-state index contributed by atoms with van der Waals surface area (Å²) in [5, 5.41) is 11.6. The minimum atomic E-state index is -0.915. The summed E-state index contributed by atoms with van der Waals surface area (Å²) in [5.74, 6) is 7.65. The Morgan fingerprint density at radius 2 is 2.10 bits per heavy atom. The molecule has 1 aromatic rings. The van der Waals surface area contributed by atoms with Crippen molar-refractivity contribution in [3.8, 4) is 11.8 Å². The minimum Gasteiger partial charge on any atom is -0.377 e. The molecule has 29 heavy (non-hydrogen) atoms. The maximum Gasteiger partial charge on any atom is 0.156 e. The first-order valence-electron chi connectivity index (χ1n) is 11.0. The quantitative estimate of drug-likeness (QED) is 0.709. The summed E-state index contributed by atoms with van der Waals surface area (Å²) in [6.07, 6.45) is 12.0. The molecule has 1 N–H and O–H groups in total. The summed E-state index contributed by atoms with van der Waals surface area (Å²) >= 11 is 0. The van der Waals surface area contributed by atoms with E-state index in [0.717, 1.165) is 38.5 Å². The number of rotatable bonds is 1. The number of carbonyl (C=O) groups is 1. The number of hydrogen-bond acceptors (Lipinski definition) is 3. The molecule has 0 aliphatic heterocycles. The van der Waals surface area contributed by atoms with Crippen LogP contribution in [0.3, 0.4) is 0 Å². The Balaban J connectivity index is 1.70.